The van der Waals surface area contributed by atoms with Gasteiger partial charge in [0.25, 0.3) is 0 Å². The molecule has 0 fully saturated rings. The van der Waals surface area contributed by atoms with Gasteiger partial charge in [-0.1, -0.05) is 6.07 Å². The molecule has 6 heteroatoms. The number of aryl methyl sites for hydroxylation is 1. The van der Waals surface area contributed by atoms with Gasteiger partial charge < -0.3 is 9.84 Å². The van der Waals surface area contributed by atoms with Crippen LogP contribution in [0.5, 0.6) is 5.75 Å². The summed E-state index contributed by atoms with van der Waals surface area (Å²) < 4.78 is 4.51. The molecule has 1 aromatic rings. The maximum absolute atomic E-state index is 11.2. The molecule has 0 spiro atoms. The van der Waals surface area contributed by atoms with Gasteiger partial charge in [-0.05, 0) is 25.0 Å². The van der Waals surface area contributed by atoms with Gasteiger partial charge in [0.15, 0.2) is 5.75 Å². The molecule has 6 nitrogen and oxygen atoms in total. The van der Waals surface area contributed by atoms with Crippen LogP contribution in [0, 0.1) is 24.0 Å². The van der Waals surface area contributed by atoms with E-state index in [1.54, 1.807) is 13.0 Å². The van der Waals surface area contributed by atoms with Crippen molar-refractivity contribution in [3.8, 4) is 5.75 Å². The Labute approximate surface area is 98.0 Å². The molecule has 0 aliphatic carbocycles. The van der Waals surface area contributed by atoms with Crippen LogP contribution in [0.1, 0.15) is 16.7 Å². The molecule has 0 heterocycles. The normalized spacial score (nSPS) is 10.1. The molecule has 0 unspecified atom stereocenters. The number of phenols is 1. The first-order valence-corrected chi connectivity index (χ1v) is 4.91. The minimum atomic E-state index is -0.654. The average Bonchev–Trinajstić information content (AvgIpc) is 2.25. The van der Waals surface area contributed by atoms with Crippen LogP contribution in [0.25, 0.3) is 0 Å². The molecule has 0 amide bonds. The second kappa shape index (κ2) is 4.82. The molecule has 0 aliphatic rings. The van der Waals surface area contributed by atoms with E-state index in [4.69, 9.17) is 0 Å². The number of benzene rings is 1. The number of phenolic OH excluding ortho intramolecular Hbond substituents is 1. The van der Waals surface area contributed by atoms with Crippen LogP contribution in [0.15, 0.2) is 6.07 Å². The quantitative estimate of drug-likeness (QED) is 0.492. The summed E-state index contributed by atoms with van der Waals surface area (Å²) in [6.45, 7) is 3.04. The second-order valence-corrected chi connectivity index (χ2v) is 3.68. The van der Waals surface area contributed by atoms with Crippen molar-refractivity contribution in [1.29, 1.82) is 0 Å². The molecule has 0 aromatic heterocycles. The molecule has 92 valence electrons. The van der Waals surface area contributed by atoms with E-state index < -0.39 is 10.9 Å². The number of nitro groups is 1. The molecule has 1 N–H and O–H groups in total. The van der Waals surface area contributed by atoms with E-state index in [1.165, 1.54) is 14.0 Å². The van der Waals surface area contributed by atoms with E-state index in [9.17, 15) is 20.0 Å². The van der Waals surface area contributed by atoms with E-state index in [0.717, 1.165) is 0 Å². The number of aromatic hydroxyl groups is 1. The highest BCUT2D eigenvalue weighted by molar-refractivity contribution is 5.74. The van der Waals surface area contributed by atoms with Crippen molar-refractivity contribution in [2.45, 2.75) is 20.3 Å². The van der Waals surface area contributed by atoms with Crippen molar-refractivity contribution >= 4 is 11.7 Å². The number of nitrogens with zero attached hydrogens (tertiary/aromatic N) is 1. The van der Waals surface area contributed by atoms with Gasteiger partial charge in [0.1, 0.15) is 0 Å². The Hall–Kier alpha value is -2.11. The van der Waals surface area contributed by atoms with Crippen LogP contribution in [0.4, 0.5) is 5.69 Å². The van der Waals surface area contributed by atoms with Gasteiger partial charge in [0, 0.05) is 5.56 Å². The van der Waals surface area contributed by atoms with Crippen LogP contribution >= 0.6 is 0 Å². The maximum atomic E-state index is 11.2. The summed E-state index contributed by atoms with van der Waals surface area (Å²) in [5, 5.41) is 20.4. The number of ether oxygens (including phenoxy) is 1. The molecular formula is C11H13NO5. The maximum Gasteiger partial charge on any atom is 0.314 e. The molecular weight excluding hydrogens is 226 g/mol. The molecule has 0 aliphatic heterocycles. The Morgan fingerprint density at radius 2 is 2.12 bits per heavy atom. The van der Waals surface area contributed by atoms with Gasteiger partial charge in [0.05, 0.1) is 18.5 Å². The molecule has 0 saturated carbocycles. The van der Waals surface area contributed by atoms with E-state index in [-0.39, 0.29) is 23.4 Å². The molecule has 0 atom stereocenters. The van der Waals surface area contributed by atoms with Gasteiger partial charge in [-0.2, -0.15) is 0 Å². The third kappa shape index (κ3) is 2.52. The zero-order valence-corrected chi connectivity index (χ0v) is 9.81. The number of carbonyl (C=O) groups excluding carboxylic acids is 1. The third-order valence-electron chi connectivity index (χ3n) is 2.57. The first-order valence-electron chi connectivity index (χ1n) is 4.91. The number of hydrogen-bond donors (Lipinski definition) is 1. The Morgan fingerprint density at radius 1 is 1.53 bits per heavy atom. The summed E-state index contributed by atoms with van der Waals surface area (Å²) in [6, 6.07) is 1.55. The largest absolute Gasteiger partial charge is 0.502 e. The minimum absolute atomic E-state index is 0.0513. The van der Waals surface area contributed by atoms with Crippen molar-refractivity contribution in [1.82, 2.24) is 0 Å². The summed E-state index contributed by atoms with van der Waals surface area (Å²) in [5.74, 6) is -0.839. The summed E-state index contributed by atoms with van der Waals surface area (Å²) in [6.07, 6.45) is -0.0513. The van der Waals surface area contributed by atoms with Crippen molar-refractivity contribution in [3.05, 3.63) is 32.9 Å². The Morgan fingerprint density at radius 3 is 2.59 bits per heavy atom. The lowest BCUT2D eigenvalue weighted by atomic mass is 10.00. The van der Waals surface area contributed by atoms with Crippen molar-refractivity contribution in [3.63, 3.8) is 0 Å². The number of methoxy groups -OCH3 is 1. The number of nitro benzene ring substituents is 1. The smallest absolute Gasteiger partial charge is 0.314 e. The van der Waals surface area contributed by atoms with Gasteiger partial charge in [0.2, 0.25) is 0 Å². The molecule has 0 radical (unpaired) electrons. The van der Waals surface area contributed by atoms with Crippen molar-refractivity contribution in [2.75, 3.05) is 7.11 Å². The molecule has 17 heavy (non-hydrogen) atoms. The van der Waals surface area contributed by atoms with Crippen LogP contribution < -0.4 is 0 Å². The second-order valence-electron chi connectivity index (χ2n) is 3.68. The standard InChI is InChI=1S/C11H13NO5/c1-6-4-8(5-9(13)17-3)7(2)10(11(6)14)12(15)16/h4,14H,5H2,1-3H3. The number of hydrogen-bond acceptors (Lipinski definition) is 5. The van der Waals surface area contributed by atoms with Crippen LogP contribution in [-0.2, 0) is 16.0 Å². The van der Waals surface area contributed by atoms with Gasteiger partial charge >= 0.3 is 11.7 Å². The van der Waals surface area contributed by atoms with Gasteiger partial charge in [-0.15, -0.1) is 0 Å². The topological polar surface area (TPSA) is 89.7 Å². The van der Waals surface area contributed by atoms with E-state index in [1.807, 2.05) is 0 Å². The zero-order valence-electron chi connectivity index (χ0n) is 9.81. The SMILES string of the molecule is COC(=O)Cc1cc(C)c(O)c([N+](=O)[O-])c1C. The number of rotatable bonds is 3. The Bertz CT molecular complexity index is 481. The van der Waals surface area contributed by atoms with Crippen molar-refractivity contribution in [2.24, 2.45) is 0 Å². The van der Waals surface area contributed by atoms with Gasteiger partial charge in [-0.3, -0.25) is 14.9 Å². The zero-order chi connectivity index (χ0) is 13.2. The van der Waals surface area contributed by atoms with E-state index in [0.29, 0.717) is 11.1 Å². The minimum Gasteiger partial charge on any atom is -0.502 e. The van der Waals surface area contributed by atoms with Crippen molar-refractivity contribution < 1.29 is 19.6 Å². The van der Waals surface area contributed by atoms with Crippen LogP contribution in [0.2, 0.25) is 0 Å². The summed E-state index contributed by atoms with van der Waals surface area (Å²) in [4.78, 5) is 21.3. The monoisotopic (exact) mass is 239 g/mol. The highest BCUT2D eigenvalue weighted by Crippen LogP contribution is 2.35. The lowest BCUT2D eigenvalue weighted by molar-refractivity contribution is -0.386. The first-order chi connectivity index (χ1) is 7.88. The average molecular weight is 239 g/mol. The highest BCUT2D eigenvalue weighted by Gasteiger charge is 2.23. The first kappa shape index (κ1) is 13.0. The summed E-state index contributed by atoms with van der Waals surface area (Å²) >= 11 is 0. The molecule has 1 aromatic carbocycles. The Kier molecular flexibility index (Phi) is 3.67. The Balaban J connectivity index is 3.34. The van der Waals surface area contributed by atoms with Gasteiger partial charge in [-0.25, -0.2) is 0 Å². The fourth-order valence-corrected chi connectivity index (χ4v) is 1.59. The lowest BCUT2D eigenvalue weighted by Gasteiger charge is -2.09. The predicted octanol–water partition coefficient (Wildman–Crippen LogP) is 1.63. The van der Waals surface area contributed by atoms with Crippen LogP contribution in [-0.4, -0.2) is 23.1 Å². The molecule has 0 bridgehead atoms. The third-order valence-corrected chi connectivity index (χ3v) is 2.57. The van der Waals surface area contributed by atoms with E-state index in [2.05, 4.69) is 4.74 Å². The highest BCUT2D eigenvalue weighted by atomic mass is 16.6. The lowest BCUT2D eigenvalue weighted by Crippen LogP contribution is -2.07. The van der Waals surface area contributed by atoms with Crippen LogP contribution in [0.3, 0.4) is 0 Å². The molecule has 0 saturated heterocycles. The van der Waals surface area contributed by atoms with E-state index >= 15 is 0 Å². The number of esters is 1. The molecule has 1 rings (SSSR count). The fraction of sp³-hybridized carbons (Fsp3) is 0.364. The fourth-order valence-electron chi connectivity index (χ4n) is 1.59. The predicted molar refractivity (Wildman–Crippen MR) is 60.0 cm³/mol. The summed E-state index contributed by atoms with van der Waals surface area (Å²) in [5.41, 5.74) is 0.771. The summed E-state index contributed by atoms with van der Waals surface area (Å²) in [7, 11) is 1.25. The number of carbonyl (C=O) groups is 1.